The zero-order valence-corrected chi connectivity index (χ0v) is 9.22. The first-order valence-corrected chi connectivity index (χ1v) is 5.14. The van der Waals surface area contributed by atoms with E-state index in [0.717, 1.165) is 5.56 Å². The lowest BCUT2D eigenvalue weighted by atomic mass is 9.77. The van der Waals surface area contributed by atoms with Crippen LogP contribution in [0.3, 0.4) is 0 Å². The summed E-state index contributed by atoms with van der Waals surface area (Å²) in [6, 6.07) is 7.67. The standard InChI is InChI=1S/C11H9BN2O4/c15-12(16)10-6-8(3-4-11(10)14(17)18)9-2-1-5-13-7-9/h1-7,15-16H. The second-order valence-electron chi connectivity index (χ2n) is 3.65. The van der Waals surface area contributed by atoms with Gasteiger partial charge < -0.3 is 10.0 Å². The van der Waals surface area contributed by atoms with Crippen LogP contribution >= 0.6 is 0 Å². The average molecular weight is 244 g/mol. The Kier molecular flexibility index (Phi) is 3.36. The molecule has 0 atom stereocenters. The minimum Gasteiger partial charge on any atom is -0.423 e. The van der Waals surface area contributed by atoms with E-state index < -0.39 is 12.0 Å². The van der Waals surface area contributed by atoms with Gasteiger partial charge >= 0.3 is 7.12 Å². The summed E-state index contributed by atoms with van der Waals surface area (Å²) in [5.74, 6) is 0. The molecule has 0 aliphatic carbocycles. The van der Waals surface area contributed by atoms with E-state index in [1.165, 1.54) is 12.1 Å². The minimum absolute atomic E-state index is 0.138. The number of nitrogens with zero attached hydrogens (tertiary/aromatic N) is 2. The fourth-order valence-electron chi connectivity index (χ4n) is 1.64. The molecule has 0 amide bonds. The predicted octanol–water partition coefficient (Wildman–Crippen LogP) is 0.337. The lowest BCUT2D eigenvalue weighted by molar-refractivity contribution is -0.383. The van der Waals surface area contributed by atoms with Crippen LogP contribution < -0.4 is 5.46 Å². The summed E-state index contributed by atoms with van der Waals surface area (Å²) in [4.78, 5) is 14.0. The van der Waals surface area contributed by atoms with E-state index in [0.29, 0.717) is 5.56 Å². The van der Waals surface area contributed by atoms with Crippen molar-refractivity contribution in [1.29, 1.82) is 0 Å². The summed E-state index contributed by atoms with van der Waals surface area (Å²) >= 11 is 0. The van der Waals surface area contributed by atoms with Gasteiger partial charge in [-0.1, -0.05) is 6.07 Å². The second kappa shape index (κ2) is 4.95. The van der Waals surface area contributed by atoms with Crippen LogP contribution in [0.1, 0.15) is 0 Å². The van der Waals surface area contributed by atoms with Gasteiger partial charge in [0.05, 0.1) is 10.4 Å². The van der Waals surface area contributed by atoms with Gasteiger partial charge in [0.25, 0.3) is 5.69 Å². The van der Waals surface area contributed by atoms with Crippen molar-refractivity contribution in [3.05, 3.63) is 52.8 Å². The van der Waals surface area contributed by atoms with E-state index in [4.69, 9.17) is 10.0 Å². The Morgan fingerprint density at radius 3 is 2.56 bits per heavy atom. The molecule has 0 aliphatic rings. The number of benzene rings is 1. The Hall–Kier alpha value is -2.25. The third-order valence-electron chi connectivity index (χ3n) is 2.50. The Morgan fingerprint density at radius 1 is 1.22 bits per heavy atom. The zero-order valence-electron chi connectivity index (χ0n) is 9.22. The van der Waals surface area contributed by atoms with Gasteiger partial charge in [-0.2, -0.15) is 0 Å². The molecule has 0 unspecified atom stereocenters. The van der Waals surface area contributed by atoms with Crippen LogP contribution in [0.2, 0.25) is 0 Å². The maximum atomic E-state index is 10.7. The van der Waals surface area contributed by atoms with Gasteiger partial charge in [-0.3, -0.25) is 15.1 Å². The Balaban J connectivity index is 2.54. The SMILES string of the molecule is O=[N+]([O-])c1ccc(-c2cccnc2)cc1B(O)O. The molecule has 0 spiro atoms. The summed E-state index contributed by atoms with van der Waals surface area (Å²) in [7, 11) is -1.89. The van der Waals surface area contributed by atoms with Crippen LogP contribution in [-0.4, -0.2) is 27.1 Å². The molecule has 0 fully saturated rings. The monoisotopic (exact) mass is 244 g/mol. The van der Waals surface area contributed by atoms with E-state index in [9.17, 15) is 10.1 Å². The van der Waals surface area contributed by atoms with Crippen molar-refractivity contribution in [2.45, 2.75) is 0 Å². The smallest absolute Gasteiger partial charge is 0.423 e. The van der Waals surface area contributed by atoms with Crippen molar-refractivity contribution < 1.29 is 15.0 Å². The third kappa shape index (κ3) is 2.37. The number of hydrogen-bond donors (Lipinski definition) is 2. The Bertz CT molecular complexity index is 575. The topological polar surface area (TPSA) is 96.5 Å². The molecule has 1 heterocycles. The molecule has 0 radical (unpaired) electrons. The quantitative estimate of drug-likeness (QED) is 0.461. The van der Waals surface area contributed by atoms with Crippen molar-refractivity contribution >= 4 is 18.3 Å². The van der Waals surface area contributed by atoms with Crippen LogP contribution in [0, 0.1) is 10.1 Å². The molecule has 0 bridgehead atoms. The first kappa shape index (κ1) is 12.2. The van der Waals surface area contributed by atoms with Crippen molar-refractivity contribution in [2.24, 2.45) is 0 Å². The average Bonchev–Trinajstić information content (AvgIpc) is 2.39. The number of hydrogen-bond acceptors (Lipinski definition) is 5. The van der Waals surface area contributed by atoms with E-state index in [1.807, 2.05) is 0 Å². The molecule has 90 valence electrons. The Labute approximate surface area is 103 Å². The van der Waals surface area contributed by atoms with Gasteiger partial charge in [0.2, 0.25) is 0 Å². The highest BCUT2D eigenvalue weighted by Crippen LogP contribution is 2.20. The molecule has 1 aromatic heterocycles. The number of nitro benzene ring substituents is 1. The molecule has 2 N–H and O–H groups in total. The summed E-state index contributed by atoms with van der Waals surface area (Å²) in [5.41, 5.74) is 0.921. The molecule has 18 heavy (non-hydrogen) atoms. The van der Waals surface area contributed by atoms with Crippen molar-refractivity contribution in [2.75, 3.05) is 0 Å². The molecular weight excluding hydrogens is 235 g/mol. The van der Waals surface area contributed by atoms with Crippen molar-refractivity contribution in [3.8, 4) is 11.1 Å². The number of aromatic nitrogens is 1. The molecule has 0 aliphatic heterocycles. The highest BCUT2D eigenvalue weighted by molar-refractivity contribution is 6.60. The van der Waals surface area contributed by atoms with Gasteiger partial charge in [0.1, 0.15) is 0 Å². The molecule has 2 aromatic rings. The van der Waals surface area contributed by atoms with Crippen LogP contribution in [0.4, 0.5) is 5.69 Å². The number of rotatable bonds is 3. The summed E-state index contributed by atoms with van der Waals surface area (Å²) in [5, 5.41) is 29.1. The molecule has 2 rings (SSSR count). The lowest BCUT2D eigenvalue weighted by Crippen LogP contribution is -2.32. The molecule has 1 aromatic carbocycles. The lowest BCUT2D eigenvalue weighted by Gasteiger charge is -2.05. The normalized spacial score (nSPS) is 10.1. The Morgan fingerprint density at radius 2 is 2.00 bits per heavy atom. The van der Waals surface area contributed by atoms with E-state index in [1.54, 1.807) is 30.6 Å². The predicted molar refractivity (Wildman–Crippen MR) is 66.2 cm³/mol. The summed E-state index contributed by atoms with van der Waals surface area (Å²) in [6.45, 7) is 0. The third-order valence-corrected chi connectivity index (χ3v) is 2.50. The van der Waals surface area contributed by atoms with Gasteiger partial charge in [-0.05, 0) is 29.3 Å². The van der Waals surface area contributed by atoms with Gasteiger partial charge in [-0.15, -0.1) is 0 Å². The van der Waals surface area contributed by atoms with Gasteiger partial charge in [0, 0.05) is 18.5 Å². The van der Waals surface area contributed by atoms with E-state index in [2.05, 4.69) is 4.98 Å². The van der Waals surface area contributed by atoms with Gasteiger partial charge in [0.15, 0.2) is 0 Å². The number of nitro groups is 1. The van der Waals surface area contributed by atoms with Crippen LogP contribution in [-0.2, 0) is 0 Å². The van der Waals surface area contributed by atoms with Crippen LogP contribution in [0.15, 0.2) is 42.7 Å². The van der Waals surface area contributed by atoms with Crippen molar-refractivity contribution in [1.82, 2.24) is 4.98 Å². The fourth-order valence-corrected chi connectivity index (χ4v) is 1.64. The number of pyridine rings is 1. The highest BCUT2D eigenvalue weighted by atomic mass is 16.6. The van der Waals surface area contributed by atoms with Crippen LogP contribution in [0.25, 0.3) is 11.1 Å². The summed E-state index contributed by atoms with van der Waals surface area (Å²) in [6.07, 6.45) is 3.20. The van der Waals surface area contributed by atoms with E-state index >= 15 is 0 Å². The van der Waals surface area contributed by atoms with Gasteiger partial charge in [-0.25, -0.2) is 0 Å². The fraction of sp³-hybridized carbons (Fsp3) is 0. The van der Waals surface area contributed by atoms with Crippen LogP contribution in [0.5, 0.6) is 0 Å². The second-order valence-corrected chi connectivity index (χ2v) is 3.65. The van der Waals surface area contributed by atoms with E-state index in [-0.39, 0.29) is 11.2 Å². The highest BCUT2D eigenvalue weighted by Gasteiger charge is 2.24. The molecule has 0 saturated carbocycles. The maximum absolute atomic E-state index is 10.7. The van der Waals surface area contributed by atoms with Crippen molar-refractivity contribution in [3.63, 3.8) is 0 Å². The summed E-state index contributed by atoms with van der Waals surface area (Å²) < 4.78 is 0. The molecule has 7 heteroatoms. The first-order valence-electron chi connectivity index (χ1n) is 5.14. The molecule has 0 saturated heterocycles. The first-order chi connectivity index (χ1) is 8.59. The zero-order chi connectivity index (χ0) is 13.1. The minimum atomic E-state index is -1.89. The molecular formula is C11H9BN2O4. The maximum Gasteiger partial charge on any atom is 0.495 e. The largest absolute Gasteiger partial charge is 0.495 e. The molecule has 6 nitrogen and oxygen atoms in total.